The molecule has 2 nitrogen and oxygen atoms in total. The number of halogens is 1. The van der Waals surface area contributed by atoms with E-state index in [1.165, 1.54) is 11.8 Å². The molecular weight excluding hydrogens is 239 g/mol. The first kappa shape index (κ1) is 13.8. The van der Waals surface area contributed by atoms with E-state index in [2.05, 4.69) is 42.1 Å². The van der Waals surface area contributed by atoms with Gasteiger partial charge in [0.2, 0.25) is 0 Å². The Labute approximate surface area is 114 Å². The van der Waals surface area contributed by atoms with E-state index in [4.69, 9.17) is 0 Å². The standard InChI is InChI=1S/C16H21FN2/c1-3-9-19-10-5-8-16(19)12-18-13(2)14-6-4-7-15(17)11-14/h4-8,10-11,13,18H,3,9,12H2,1-2H3/t13-/m1/s1. The molecule has 19 heavy (non-hydrogen) atoms. The van der Waals surface area contributed by atoms with Crippen LogP contribution in [0.5, 0.6) is 0 Å². The maximum absolute atomic E-state index is 13.2. The Balaban J connectivity index is 1.96. The summed E-state index contributed by atoms with van der Waals surface area (Å²) < 4.78 is 15.4. The molecule has 1 heterocycles. The van der Waals surface area contributed by atoms with Gasteiger partial charge in [-0.15, -0.1) is 0 Å². The van der Waals surface area contributed by atoms with Crippen LogP contribution in [0.1, 0.15) is 37.6 Å². The second-order valence-corrected chi connectivity index (χ2v) is 4.85. The predicted molar refractivity (Wildman–Crippen MR) is 76.4 cm³/mol. The van der Waals surface area contributed by atoms with Crippen LogP contribution in [0, 0.1) is 5.82 Å². The molecule has 0 saturated heterocycles. The summed E-state index contributed by atoms with van der Waals surface area (Å²) in [7, 11) is 0. The molecule has 1 atom stereocenters. The van der Waals surface area contributed by atoms with Gasteiger partial charge in [-0.25, -0.2) is 4.39 Å². The van der Waals surface area contributed by atoms with E-state index in [1.54, 1.807) is 12.1 Å². The molecule has 0 unspecified atom stereocenters. The molecule has 3 heteroatoms. The zero-order valence-electron chi connectivity index (χ0n) is 11.6. The minimum Gasteiger partial charge on any atom is -0.350 e. The van der Waals surface area contributed by atoms with Crippen molar-refractivity contribution in [3.63, 3.8) is 0 Å². The van der Waals surface area contributed by atoms with E-state index < -0.39 is 0 Å². The highest BCUT2D eigenvalue weighted by atomic mass is 19.1. The van der Waals surface area contributed by atoms with Crippen LogP contribution in [0.2, 0.25) is 0 Å². The second-order valence-electron chi connectivity index (χ2n) is 4.85. The van der Waals surface area contributed by atoms with Gasteiger partial charge in [-0.3, -0.25) is 0 Å². The molecular formula is C16H21FN2. The second kappa shape index (κ2) is 6.53. The number of hydrogen-bond donors (Lipinski definition) is 1. The highest BCUT2D eigenvalue weighted by Crippen LogP contribution is 2.14. The number of nitrogens with zero attached hydrogens (tertiary/aromatic N) is 1. The third-order valence-corrected chi connectivity index (χ3v) is 3.33. The number of benzene rings is 1. The van der Waals surface area contributed by atoms with Crippen molar-refractivity contribution in [3.8, 4) is 0 Å². The molecule has 2 aromatic rings. The van der Waals surface area contributed by atoms with Gasteiger partial charge in [-0.1, -0.05) is 19.1 Å². The Hall–Kier alpha value is -1.61. The molecule has 1 N–H and O–H groups in total. The largest absolute Gasteiger partial charge is 0.350 e. The lowest BCUT2D eigenvalue weighted by Crippen LogP contribution is -2.20. The average Bonchev–Trinajstić information content (AvgIpc) is 2.84. The zero-order valence-corrected chi connectivity index (χ0v) is 11.6. The zero-order chi connectivity index (χ0) is 13.7. The minimum atomic E-state index is -0.180. The molecule has 0 amide bonds. The molecule has 0 saturated carbocycles. The van der Waals surface area contributed by atoms with E-state index >= 15 is 0 Å². The molecule has 0 fully saturated rings. The first-order chi connectivity index (χ1) is 9.20. The molecule has 2 rings (SSSR count). The van der Waals surface area contributed by atoms with Crippen LogP contribution in [0.25, 0.3) is 0 Å². The van der Waals surface area contributed by atoms with E-state index in [0.29, 0.717) is 0 Å². The van der Waals surface area contributed by atoms with Crippen molar-refractivity contribution in [2.24, 2.45) is 0 Å². The van der Waals surface area contributed by atoms with Crippen LogP contribution in [0.4, 0.5) is 4.39 Å². The lowest BCUT2D eigenvalue weighted by molar-refractivity contribution is 0.537. The van der Waals surface area contributed by atoms with E-state index in [-0.39, 0.29) is 11.9 Å². The fourth-order valence-corrected chi connectivity index (χ4v) is 2.22. The van der Waals surface area contributed by atoms with Crippen molar-refractivity contribution in [2.75, 3.05) is 0 Å². The van der Waals surface area contributed by atoms with Crippen LogP contribution in [-0.4, -0.2) is 4.57 Å². The molecule has 1 aromatic heterocycles. The maximum Gasteiger partial charge on any atom is 0.123 e. The van der Waals surface area contributed by atoms with Crippen LogP contribution < -0.4 is 5.32 Å². The Kier molecular flexibility index (Phi) is 4.74. The molecule has 0 spiro atoms. The van der Waals surface area contributed by atoms with Crippen LogP contribution >= 0.6 is 0 Å². The number of aryl methyl sites for hydroxylation is 1. The summed E-state index contributed by atoms with van der Waals surface area (Å²) in [4.78, 5) is 0. The van der Waals surface area contributed by atoms with Crippen LogP contribution in [0.3, 0.4) is 0 Å². The fraction of sp³-hybridized carbons (Fsp3) is 0.375. The first-order valence-electron chi connectivity index (χ1n) is 6.83. The topological polar surface area (TPSA) is 17.0 Å². The monoisotopic (exact) mass is 260 g/mol. The Morgan fingerprint density at radius 3 is 2.84 bits per heavy atom. The van der Waals surface area contributed by atoms with E-state index in [9.17, 15) is 4.39 Å². The lowest BCUT2D eigenvalue weighted by Gasteiger charge is -2.15. The number of hydrogen-bond acceptors (Lipinski definition) is 1. The van der Waals surface area contributed by atoms with E-state index in [1.807, 2.05) is 6.07 Å². The third-order valence-electron chi connectivity index (χ3n) is 3.33. The summed E-state index contributed by atoms with van der Waals surface area (Å²) in [6.45, 7) is 6.07. The number of rotatable bonds is 6. The lowest BCUT2D eigenvalue weighted by atomic mass is 10.1. The summed E-state index contributed by atoms with van der Waals surface area (Å²) in [5.41, 5.74) is 2.25. The SMILES string of the molecule is CCCn1cccc1CN[C@H](C)c1cccc(F)c1. The third kappa shape index (κ3) is 3.67. The molecule has 0 aliphatic carbocycles. The van der Waals surface area contributed by atoms with Crippen molar-refractivity contribution < 1.29 is 4.39 Å². The normalized spacial score (nSPS) is 12.6. The number of nitrogens with one attached hydrogen (secondary N) is 1. The van der Waals surface area contributed by atoms with Gasteiger partial charge in [0.05, 0.1) is 0 Å². The molecule has 0 radical (unpaired) electrons. The van der Waals surface area contributed by atoms with Gasteiger partial charge in [-0.2, -0.15) is 0 Å². The molecule has 0 bridgehead atoms. The summed E-state index contributed by atoms with van der Waals surface area (Å²) in [6.07, 6.45) is 3.23. The molecule has 0 aliphatic heterocycles. The summed E-state index contributed by atoms with van der Waals surface area (Å²) in [5.74, 6) is -0.180. The van der Waals surface area contributed by atoms with E-state index in [0.717, 1.165) is 25.1 Å². The van der Waals surface area contributed by atoms with Crippen LogP contribution in [-0.2, 0) is 13.1 Å². The van der Waals surface area contributed by atoms with Crippen LogP contribution in [0.15, 0.2) is 42.6 Å². The number of aromatic nitrogens is 1. The summed E-state index contributed by atoms with van der Waals surface area (Å²) in [6, 6.07) is 11.1. The Bertz CT molecular complexity index is 519. The smallest absolute Gasteiger partial charge is 0.123 e. The van der Waals surface area contributed by atoms with Crippen molar-refractivity contribution in [1.82, 2.24) is 9.88 Å². The van der Waals surface area contributed by atoms with Crippen molar-refractivity contribution in [2.45, 2.75) is 39.4 Å². The Morgan fingerprint density at radius 2 is 2.11 bits per heavy atom. The minimum absolute atomic E-state index is 0.140. The molecule has 0 aliphatic rings. The average molecular weight is 260 g/mol. The van der Waals surface area contributed by atoms with Gasteiger partial charge in [0.15, 0.2) is 0 Å². The summed E-state index contributed by atoms with van der Waals surface area (Å²) in [5, 5.41) is 3.44. The van der Waals surface area contributed by atoms with Gasteiger partial charge in [0, 0.05) is 31.0 Å². The predicted octanol–water partition coefficient (Wildman–Crippen LogP) is 3.89. The fourth-order valence-electron chi connectivity index (χ4n) is 2.22. The van der Waals surface area contributed by atoms with Crippen molar-refractivity contribution in [3.05, 3.63) is 59.7 Å². The van der Waals surface area contributed by atoms with Crippen molar-refractivity contribution >= 4 is 0 Å². The van der Waals surface area contributed by atoms with Gasteiger partial charge in [0.25, 0.3) is 0 Å². The molecule has 102 valence electrons. The van der Waals surface area contributed by atoms with Gasteiger partial charge in [-0.05, 0) is 43.2 Å². The van der Waals surface area contributed by atoms with Crippen molar-refractivity contribution in [1.29, 1.82) is 0 Å². The summed E-state index contributed by atoms with van der Waals surface area (Å²) >= 11 is 0. The quantitative estimate of drug-likeness (QED) is 0.834. The van der Waals surface area contributed by atoms with Gasteiger partial charge >= 0.3 is 0 Å². The van der Waals surface area contributed by atoms with Gasteiger partial charge in [0.1, 0.15) is 5.82 Å². The molecule has 1 aromatic carbocycles. The maximum atomic E-state index is 13.2. The first-order valence-corrected chi connectivity index (χ1v) is 6.83. The highest BCUT2D eigenvalue weighted by Gasteiger charge is 2.07. The van der Waals surface area contributed by atoms with Gasteiger partial charge < -0.3 is 9.88 Å². The highest BCUT2D eigenvalue weighted by molar-refractivity contribution is 5.19. The Morgan fingerprint density at radius 1 is 1.26 bits per heavy atom.